The van der Waals surface area contributed by atoms with Gasteiger partial charge in [0.2, 0.25) is 0 Å². The molecule has 1 aromatic rings. The number of rotatable bonds is 9. The van der Waals surface area contributed by atoms with Gasteiger partial charge in [0.05, 0.1) is 19.2 Å². The maximum atomic E-state index is 13.4. The van der Waals surface area contributed by atoms with E-state index in [1.54, 1.807) is 6.08 Å². The number of aryl methyl sites for hydroxylation is 1. The smallest absolute Gasteiger partial charge is 0.411 e. The Morgan fingerprint density at radius 3 is 2.57 bits per heavy atom. The minimum Gasteiger partial charge on any atom is -0.493 e. The Labute approximate surface area is 204 Å². The molecule has 0 aliphatic carbocycles. The molecule has 1 amide bonds. The number of benzene rings is 1. The lowest BCUT2D eigenvalue weighted by atomic mass is 9.83. The average molecular weight is 487 g/mol. The number of carbonyl (C=O) groups is 3. The van der Waals surface area contributed by atoms with E-state index < -0.39 is 36.2 Å². The largest absolute Gasteiger partial charge is 0.493 e. The first-order chi connectivity index (χ1) is 16.8. The average Bonchev–Trinajstić information content (AvgIpc) is 2.83. The number of esters is 2. The highest BCUT2D eigenvalue weighted by molar-refractivity contribution is 6.23. The predicted molar refractivity (Wildman–Crippen MR) is 127 cm³/mol. The van der Waals surface area contributed by atoms with Crippen LogP contribution in [0.4, 0.5) is 4.79 Å². The molecule has 0 aromatic heterocycles. The van der Waals surface area contributed by atoms with E-state index in [9.17, 15) is 14.4 Å². The predicted octanol–water partition coefficient (Wildman–Crippen LogP) is 2.72. The maximum Gasteiger partial charge on any atom is 0.411 e. The van der Waals surface area contributed by atoms with Crippen LogP contribution in [0.25, 0.3) is 0 Å². The molecule has 0 bridgehead atoms. The first kappa shape index (κ1) is 25.8. The van der Waals surface area contributed by atoms with Crippen molar-refractivity contribution >= 4 is 24.2 Å². The number of ether oxygens (including phenoxy) is 5. The summed E-state index contributed by atoms with van der Waals surface area (Å²) in [5.74, 6) is -0.103. The van der Waals surface area contributed by atoms with Crippen LogP contribution in [0, 0.1) is 6.92 Å². The molecule has 0 N–H and O–H groups in total. The van der Waals surface area contributed by atoms with Crippen molar-refractivity contribution in [3.05, 3.63) is 48.1 Å². The van der Waals surface area contributed by atoms with E-state index in [4.69, 9.17) is 23.7 Å². The summed E-state index contributed by atoms with van der Waals surface area (Å²) in [5.41, 5.74) is 2.35. The van der Waals surface area contributed by atoms with Crippen molar-refractivity contribution in [1.82, 2.24) is 4.90 Å². The van der Waals surface area contributed by atoms with Crippen molar-refractivity contribution in [3.8, 4) is 11.5 Å². The van der Waals surface area contributed by atoms with Gasteiger partial charge < -0.3 is 23.7 Å². The molecule has 1 aromatic carbocycles. The summed E-state index contributed by atoms with van der Waals surface area (Å²) >= 11 is 0. The highest BCUT2D eigenvalue weighted by Gasteiger charge is 2.46. The molecule has 3 atom stereocenters. The second-order valence-corrected chi connectivity index (χ2v) is 8.08. The van der Waals surface area contributed by atoms with Crippen molar-refractivity contribution in [2.45, 2.75) is 38.4 Å². The third-order valence-electron chi connectivity index (χ3n) is 5.69. The summed E-state index contributed by atoms with van der Waals surface area (Å²) in [5, 5.41) is 0. The third kappa shape index (κ3) is 5.64. The summed E-state index contributed by atoms with van der Waals surface area (Å²) in [6.45, 7) is 10.6. The van der Waals surface area contributed by atoms with Gasteiger partial charge in [-0.15, -0.1) is 0 Å². The Morgan fingerprint density at radius 2 is 1.97 bits per heavy atom. The maximum absolute atomic E-state index is 13.4. The van der Waals surface area contributed by atoms with Gasteiger partial charge in [-0.05, 0) is 24.5 Å². The topological polar surface area (TPSA) is 113 Å². The van der Waals surface area contributed by atoms with Gasteiger partial charge >= 0.3 is 18.0 Å². The van der Waals surface area contributed by atoms with Crippen molar-refractivity contribution < 1.29 is 38.1 Å². The Balaban J connectivity index is 2.24. The molecule has 0 saturated carbocycles. The second-order valence-electron chi connectivity index (χ2n) is 8.08. The molecular formula is C25H30N2O8. The zero-order valence-electron chi connectivity index (χ0n) is 20.2. The molecule has 35 heavy (non-hydrogen) atoms. The molecule has 188 valence electrons. The summed E-state index contributed by atoms with van der Waals surface area (Å²) in [7, 11) is 1.54. The molecule has 0 saturated heterocycles. The van der Waals surface area contributed by atoms with E-state index in [0.29, 0.717) is 23.5 Å². The number of amides is 1. The van der Waals surface area contributed by atoms with E-state index in [2.05, 4.69) is 18.2 Å². The molecule has 10 nitrogen and oxygen atoms in total. The molecule has 0 fully saturated rings. The Hall–Kier alpha value is -3.82. The highest BCUT2D eigenvalue weighted by atomic mass is 16.6. The first-order valence-electron chi connectivity index (χ1n) is 11.2. The van der Waals surface area contributed by atoms with Gasteiger partial charge in [0.1, 0.15) is 38.7 Å². The van der Waals surface area contributed by atoms with Crippen LogP contribution in [0.5, 0.6) is 11.5 Å². The van der Waals surface area contributed by atoms with Crippen LogP contribution in [0.2, 0.25) is 0 Å². The number of fused-ring (bicyclic) bond motifs is 1. The van der Waals surface area contributed by atoms with E-state index in [-0.39, 0.29) is 26.4 Å². The summed E-state index contributed by atoms with van der Waals surface area (Å²) < 4.78 is 27.7. The molecule has 0 spiro atoms. The van der Waals surface area contributed by atoms with Crippen LogP contribution >= 0.6 is 0 Å². The fourth-order valence-corrected chi connectivity index (χ4v) is 4.38. The molecule has 3 rings (SSSR count). The van der Waals surface area contributed by atoms with Gasteiger partial charge in [-0.3, -0.25) is 14.7 Å². The summed E-state index contributed by atoms with van der Waals surface area (Å²) in [4.78, 5) is 42.5. The Bertz CT molecular complexity index is 1030. The van der Waals surface area contributed by atoms with E-state index in [1.807, 2.05) is 13.0 Å². The van der Waals surface area contributed by atoms with Crippen molar-refractivity contribution in [3.63, 3.8) is 0 Å². The normalized spacial score (nSPS) is 20.8. The van der Waals surface area contributed by atoms with Gasteiger partial charge in [0, 0.05) is 12.5 Å². The number of hydrogen-bond donors (Lipinski definition) is 0. The number of hydrogen-bond acceptors (Lipinski definition) is 9. The van der Waals surface area contributed by atoms with Crippen LogP contribution in [0.15, 0.2) is 36.4 Å². The third-order valence-corrected chi connectivity index (χ3v) is 5.69. The SMILES string of the molecule is C=CCOC(=O)N1[C@H](COC(C)=O)Cc2cc(C)c(OC)c(OCC=C)c2[C@@H]1[C@@H]1COC(=O)C=N1. The number of nitrogens with zero attached hydrogens (tertiary/aromatic N) is 2. The Kier molecular flexibility index (Phi) is 8.51. The minimum atomic E-state index is -0.768. The van der Waals surface area contributed by atoms with Crippen molar-refractivity contribution in [2.24, 2.45) is 4.99 Å². The second kappa shape index (κ2) is 11.5. The summed E-state index contributed by atoms with van der Waals surface area (Å²) in [6.07, 6.45) is 3.85. The first-order valence-corrected chi connectivity index (χ1v) is 11.2. The molecule has 10 heteroatoms. The summed E-state index contributed by atoms with van der Waals surface area (Å²) in [6, 6.07) is -0.0496. The van der Waals surface area contributed by atoms with Crippen LogP contribution in [-0.2, 0) is 30.2 Å². The molecule has 2 aliphatic rings. The molecule has 2 heterocycles. The number of carbonyl (C=O) groups excluding carboxylic acids is 3. The van der Waals surface area contributed by atoms with Gasteiger partial charge in [-0.2, -0.15) is 0 Å². The van der Waals surface area contributed by atoms with E-state index in [1.165, 1.54) is 25.0 Å². The lowest BCUT2D eigenvalue weighted by Crippen LogP contribution is -2.54. The van der Waals surface area contributed by atoms with Crippen LogP contribution in [0.3, 0.4) is 0 Å². The van der Waals surface area contributed by atoms with Crippen molar-refractivity contribution in [1.29, 1.82) is 0 Å². The molecule has 0 unspecified atom stereocenters. The van der Waals surface area contributed by atoms with Gasteiger partial charge in [0.15, 0.2) is 11.5 Å². The highest BCUT2D eigenvalue weighted by Crippen LogP contribution is 2.48. The van der Waals surface area contributed by atoms with Gasteiger partial charge in [-0.25, -0.2) is 9.59 Å². The number of methoxy groups -OCH3 is 1. The van der Waals surface area contributed by atoms with Crippen LogP contribution in [0.1, 0.15) is 29.7 Å². The van der Waals surface area contributed by atoms with E-state index >= 15 is 0 Å². The zero-order chi connectivity index (χ0) is 25.5. The minimum absolute atomic E-state index is 0.0187. The number of cyclic esters (lactones) is 1. The lowest BCUT2D eigenvalue weighted by Gasteiger charge is -2.45. The molecule has 2 aliphatic heterocycles. The quantitative estimate of drug-likeness (QED) is 0.297. The number of aliphatic imine (C=N–C) groups is 1. The monoisotopic (exact) mass is 486 g/mol. The lowest BCUT2D eigenvalue weighted by molar-refractivity contribution is -0.143. The molecule has 0 radical (unpaired) electrons. The fraction of sp³-hybridized carbons (Fsp3) is 0.440. The van der Waals surface area contributed by atoms with E-state index in [0.717, 1.165) is 17.3 Å². The molecular weight excluding hydrogens is 456 g/mol. The fourth-order valence-electron chi connectivity index (χ4n) is 4.38. The van der Waals surface area contributed by atoms with Crippen LogP contribution < -0.4 is 9.47 Å². The van der Waals surface area contributed by atoms with Crippen LogP contribution in [-0.4, -0.2) is 74.8 Å². The standard InChI is InChI=1S/C25H30N2O8/c1-6-8-32-24-21-17(10-15(3)23(24)31-5)11-18(13-34-16(4)28)27(25(30)33-9-7-2)22(21)19-14-35-20(29)12-26-19/h6-7,10,12,18-19,22H,1-2,8-9,11,13-14H2,3-5H3/t18-,19-,22-/m0/s1. The van der Waals surface area contributed by atoms with Gasteiger partial charge in [0.25, 0.3) is 0 Å². The van der Waals surface area contributed by atoms with Gasteiger partial charge in [-0.1, -0.05) is 31.4 Å². The van der Waals surface area contributed by atoms with Crippen molar-refractivity contribution in [2.75, 3.05) is 33.5 Å². The Morgan fingerprint density at radius 1 is 1.23 bits per heavy atom. The zero-order valence-corrected chi connectivity index (χ0v) is 20.2.